The highest BCUT2D eigenvalue weighted by Gasteiger charge is 2.46. The Morgan fingerprint density at radius 2 is 2.05 bits per heavy atom. The number of hydrogen-bond donors (Lipinski definition) is 1. The van der Waals surface area contributed by atoms with Crippen LogP contribution in [0.1, 0.15) is 26.3 Å². The molecular weight excluding hydrogens is 369 g/mol. The van der Waals surface area contributed by atoms with Crippen LogP contribution in [0.4, 0.5) is 4.39 Å². The van der Waals surface area contributed by atoms with Crippen LogP contribution >= 0.6 is 15.9 Å². The van der Waals surface area contributed by atoms with Gasteiger partial charge in [0.1, 0.15) is 11.3 Å². The second-order valence-corrected chi connectivity index (χ2v) is 14.0. The molecule has 1 aromatic rings. The number of rotatable bonds is 4. The van der Waals surface area contributed by atoms with Crippen molar-refractivity contribution in [1.82, 2.24) is 4.98 Å². The van der Waals surface area contributed by atoms with E-state index in [0.717, 1.165) is 0 Å². The second kappa shape index (κ2) is 5.76. The Balaban J connectivity index is 2.36. The molecule has 0 atom stereocenters. The minimum atomic E-state index is -1.76. The summed E-state index contributed by atoms with van der Waals surface area (Å²) in [6.45, 7) is 10.8. The monoisotopic (exact) mass is 391 g/mol. The van der Waals surface area contributed by atoms with Gasteiger partial charge in [0.25, 0.3) is 5.56 Å². The van der Waals surface area contributed by atoms with Gasteiger partial charge in [-0.05, 0) is 21.0 Å². The predicted octanol–water partition coefficient (Wildman–Crippen LogP) is 3.76. The molecule has 2 heterocycles. The lowest BCUT2D eigenvalue weighted by atomic mass is 9.94. The first kappa shape index (κ1) is 17.7. The highest BCUT2D eigenvalue weighted by atomic mass is 79.9. The Hall–Kier alpha value is -0.663. The van der Waals surface area contributed by atoms with Gasteiger partial charge in [-0.2, -0.15) is 0 Å². The molecule has 1 fully saturated rings. The van der Waals surface area contributed by atoms with E-state index in [-0.39, 0.29) is 23.8 Å². The summed E-state index contributed by atoms with van der Waals surface area (Å²) < 4.78 is 26.2. The number of aromatic nitrogens is 1. The fraction of sp³-hybridized carbons (Fsp3) is 0.667. The zero-order valence-corrected chi connectivity index (χ0v) is 16.3. The van der Waals surface area contributed by atoms with Gasteiger partial charge < -0.3 is 14.5 Å². The number of pyridine rings is 1. The standard InChI is InChI=1S/C15H23BrFNO3Si/c1-14(2,3)22(4,5)9-21-12-10(16)6-18-13(19)11(12)15(17)7-20-8-15/h6H,7-9H2,1-5H3,(H,18,19). The number of halogens is 2. The van der Waals surface area contributed by atoms with E-state index >= 15 is 0 Å². The summed E-state index contributed by atoms with van der Waals surface area (Å²) in [6.07, 6.45) is 2.01. The molecule has 4 nitrogen and oxygen atoms in total. The average Bonchev–Trinajstić information content (AvgIpc) is 2.35. The van der Waals surface area contributed by atoms with Crippen LogP contribution in [0.15, 0.2) is 15.5 Å². The Morgan fingerprint density at radius 1 is 1.45 bits per heavy atom. The summed E-state index contributed by atoms with van der Waals surface area (Å²) in [5.74, 6) is 0.305. The van der Waals surface area contributed by atoms with Crippen molar-refractivity contribution < 1.29 is 13.9 Å². The minimum absolute atomic E-state index is 0.0341. The summed E-state index contributed by atoms with van der Waals surface area (Å²) in [5, 5.41) is 0.147. The van der Waals surface area contributed by atoms with Gasteiger partial charge in [-0.25, -0.2) is 4.39 Å². The molecule has 0 spiro atoms. The maximum absolute atomic E-state index is 14.8. The van der Waals surface area contributed by atoms with Crippen LogP contribution < -0.4 is 10.3 Å². The van der Waals surface area contributed by atoms with Gasteiger partial charge in [0.15, 0.2) is 5.67 Å². The lowest BCUT2D eigenvalue weighted by Gasteiger charge is -2.38. The molecule has 0 aliphatic carbocycles. The summed E-state index contributed by atoms with van der Waals surface area (Å²) in [5.41, 5.74) is -2.19. The van der Waals surface area contributed by atoms with Gasteiger partial charge in [-0.15, -0.1) is 0 Å². The maximum atomic E-state index is 14.8. The van der Waals surface area contributed by atoms with Gasteiger partial charge >= 0.3 is 0 Å². The van der Waals surface area contributed by atoms with Crippen molar-refractivity contribution in [2.24, 2.45) is 0 Å². The highest BCUT2D eigenvalue weighted by molar-refractivity contribution is 9.10. The SMILES string of the molecule is CC(C)(C)[Si](C)(C)COc1c(Br)c[nH]c(=O)c1C1(F)COC1. The summed E-state index contributed by atoms with van der Waals surface area (Å²) >= 11 is 3.36. The first-order valence-corrected chi connectivity index (χ1v) is 11.3. The number of aromatic amines is 1. The molecule has 0 saturated carbocycles. The maximum Gasteiger partial charge on any atom is 0.258 e. The highest BCUT2D eigenvalue weighted by Crippen LogP contribution is 2.41. The van der Waals surface area contributed by atoms with E-state index in [2.05, 4.69) is 54.8 Å². The van der Waals surface area contributed by atoms with Crippen LogP contribution in [0.2, 0.25) is 18.1 Å². The van der Waals surface area contributed by atoms with Crippen LogP contribution in [0.3, 0.4) is 0 Å². The molecule has 0 aromatic carbocycles. The fourth-order valence-corrected chi connectivity index (χ4v) is 3.30. The molecule has 22 heavy (non-hydrogen) atoms. The van der Waals surface area contributed by atoms with Crippen LogP contribution in [-0.2, 0) is 10.4 Å². The Kier molecular flexibility index (Phi) is 4.63. The molecule has 0 radical (unpaired) electrons. The summed E-state index contributed by atoms with van der Waals surface area (Å²) in [6, 6.07) is 0. The number of alkyl halides is 1. The van der Waals surface area contributed by atoms with Crippen molar-refractivity contribution in [2.45, 2.75) is 44.6 Å². The van der Waals surface area contributed by atoms with Gasteiger partial charge in [0.05, 0.1) is 32.0 Å². The number of H-pyrrole nitrogens is 1. The average molecular weight is 392 g/mol. The second-order valence-electron chi connectivity index (χ2n) is 7.55. The van der Waals surface area contributed by atoms with E-state index in [0.29, 0.717) is 16.5 Å². The number of ether oxygens (including phenoxy) is 2. The fourth-order valence-electron chi connectivity index (χ4n) is 1.93. The zero-order valence-electron chi connectivity index (χ0n) is 13.7. The van der Waals surface area contributed by atoms with Crippen LogP contribution in [0, 0.1) is 0 Å². The van der Waals surface area contributed by atoms with E-state index in [1.807, 2.05) is 0 Å². The lowest BCUT2D eigenvalue weighted by molar-refractivity contribution is -0.136. The Morgan fingerprint density at radius 3 is 2.50 bits per heavy atom. The first-order valence-electron chi connectivity index (χ1n) is 7.29. The van der Waals surface area contributed by atoms with Crippen molar-refractivity contribution in [3.05, 3.63) is 26.6 Å². The summed E-state index contributed by atoms with van der Waals surface area (Å²) in [4.78, 5) is 14.7. The molecule has 1 aliphatic heterocycles. The molecule has 0 unspecified atom stereocenters. The van der Waals surface area contributed by atoms with Gasteiger partial charge in [-0.1, -0.05) is 33.9 Å². The molecule has 1 N–H and O–H groups in total. The Bertz CT molecular complexity index is 620. The van der Waals surface area contributed by atoms with Crippen molar-refractivity contribution >= 4 is 24.0 Å². The lowest BCUT2D eigenvalue weighted by Crippen LogP contribution is -2.47. The van der Waals surface area contributed by atoms with Crippen LogP contribution in [0.25, 0.3) is 0 Å². The molecular formula is C15H23BrFNO3Si. The van der Waals surface area contributed by atoms with Crippen molar-refractivity contribution in [2.75, 3.05) is 19.4 Å². The number of nitrogens with one attached hydrogen (secondary N) is 1. The molecule has 1 aromatic heterocycles. The smallest absolute Gasteiger partial charge is 0.258 e. The summed E-state index contributed by atoms with van der Waals surface area (Å²) in [7, 11) is -1.71. The van der Waals surface area contributed by atoms with Gasteiger partial charge in [-0.3, -0.25) is 4.79 Å². The topological polar surface area (TPSA) is 51.3 Å². The minimum Gasteiger partial charge on any atom is -0.495 e. The molecule has 1 saturated heterocycles. The predicted molar refractivity (Wildman–Crippen MR) is 91.1 cm³/mol. The largest absolute Gasteiger partial charge is 0.495 e. The van der Waals surface area contributed by atoms with E-state index in [9.17, 15) is 9.18 Å². The van der Waals surface area contributed by atoms with Gasteiger partial charge in [0.2, 0.25) is 0 Å². The molecule has 1 aliphatic rings. The third kappa shape index (κ3) is 3.16. The normalized spacial score (nSPS) is 18.0. The van der Waals surface area contributed by atoms with Crippen molar-refractivity contribution in [3.8, 4) is 5.75 Å². The van der Waals surface area contributed by atoms with E-state index in [1.165, 1.54) is 6.20 Å². The zero-order chi connectivity index (χ0) is 16.8. The van der Waals surface area contributed by atoms with Crippen LogP contribution in [0.5, 0.6) is 5.75 Å². The van der Waals surface area contributed by atoms with Crippen molar-refractivity contribution in [1.29, 1.82) is 0 Å². The molecule has 0 bridgehead atoms. The van der Waals surface area contributed by atoms with Crippen molar-refractivity contribution in [3.63, 3.8) is 0 Å². The quantitative estimate of drug-likeness (QED) is 0.794. The van der Waals surface area contributed by atoms with E-state index in [1.54, 1.807) is 0 Å². The molecule has 0 amide bonds. The van der Waals surface area contributed by atoms with E-state index in [4.69, 9.17) is 9.47 Å². The third-order valence-electron chi connectivity index (χ3n) is 4.72. The Labute approximate surface area is 139 Å². The third-order valence-corrected chi connectivity index (χ3v) is 10.2. The van der Waals surface area contributed by atoms with E-state index < -0.39 is 19.3 Å². The number of hydrogen-bond acceptors (Lipinski definition) is 3. The van der Waals surface area contributed by atoms with Gasteiger partial charge in [0, 0.05) is 6.20 Å². The molecule has 7 heteroatoms. The molecule has 2 rings (SSSR count). The van der Waals surface area contributed by atoms with Crippen LogP contribution in [-0.4, -0.2) is 32.5 Å². The first-order chi connectivity index (χ1) is 9.98. The molecule has 124 valence electrons.